The van der Waals surface area contributed by atoms with Gasteiger partial charge in [0.25, 0.3) is 5.91 Å². The molecule has 25 heavy (non-hydrogen) atoms. The molecule has 0 fully saturated rings. The quantitative estimate of drug-likeness (QED) is 0.796. The number of carboxylic acids is 1. The highest BCUT2D eigenvalue weighted by molar-refractivity contribution is 7.83. The number of benzene rings is 2. The highest BCUT2D eigenvalue weighted by atomic mass is 32.2. The molecule has 2 aromatic rings. The van der Waals surface area contributed by atoms with Crippen LogP contribution in [-0.4, -0.2) is 27.4 Å². The van der Waals surface area contributed by atoms with Gasteiger partial charge in [-0.2, -0.15) is 0 Å². The average Bonchev–Trinajstić information content (AvgIpc) is 2.56. The summed E-state index contributed by atoms with van der Waals surface area (Å²) in [4.78, 5) is 23.2. The van der Waals surface area contributed by atoms with Crippen molar-refractivity contribution in [2.24, 2.45) is 5.92 Å². The molecule has 2 aromatic carbocycles. The molecule has 0 aliphatic rings. The molecular formula is C19H21NO4S. The van der Waals surface area contributed by atoms with E-state index in [2.05, 4.69) is 5.32 Å². The van der Waals surface area contributed by atoms with Crippen LogP contribution >= 0.6 is 0 Å². The molecular weight excluding hydrogens is 338 g/mol. The van der Waals surface area contributed by atoms with E-state index in [0.29, 0.717) is 23.4 Å². The summed E-state index contributed by atoms with van der Waals surface area (Å²) >= 11 is 0. The van der Waals surface area contributed by atoms with Crippen molar-refractivity contribution in [3.63, 3.8) is 0 Å². The summed E-state index contributed by atoms with van der Waals surface area (Å²) in [5, 5.41) is 11.8. The van der Waals surface area contributed by atoms with Crippen molar-refractivity contribution in [3.8, 4) is 0 Å². The van der Waals surface area contributed by atoms with Gasteiger partial charge >= 0.3 is 5.97 Å². The van der Waals surface area contributed by atoms with Gasteiger partial charge in [-0.3, -0.25) is 13.8 Å². The lowest BCUT2D eigenvalue weighted by Crippen LogP contribution is -2.13. The Morgan fingerprint density at radius 2 is 1.80 bits per heavy atom. The first-order valence-corrected chi connectivity index (χ1v) is 9.60. The predicted molar refractivity (Wildman–Crippen MR) is 99.1 cm³/mol. The van der Waals surface area contributed by atoms with Crippen LogP contribution in [0.5, 0.6) is 0 Å². The number of amides is 1. The highest BCUT2D eigenvalue weighted by Crippen LogP contribution is 2.15. The molecule has 2 rings (SSSR count). The lowest BCUT2D eigenvalue weighted by atomic mass is 10.0. The Hall–Kier alpha value is -2.47. The fourth-order valence-corrected chi connectivity index (χ4v) is 3.05. The standard InChI is InChI=1S/C19H21NO4S/c1-13(19(22)23)10-14-6-8-17(9-7-14)20-18(21)16-5-3-4-15(11-16)12-25(2)24/h3-9,11,13H,10,12H2,1-2H3,(H,20,21)(H,22,23). The molecule has 1 amide bonds. The van der Waals surface area contributed by atoms with Crippen LogP contribution < -0.4 is 5.32 Å². The number of rotatable bonds is 7. The van der Waals surface area contributed by atoms with Gasteiger partial charge in [-0.15, -0.1) is 0 Å². The first kappa shape index (κ1) is 18.9. The van der Waals surface area contributed by atoms with Crippen LogP contribution in [0.3, 0.4) is 0 Å². The zero-order valence-electron chi connectivity index (χ0n) is 14.2. The van der Waals surface area contributed by atoms with Gasteiger partial charge in [0.1, 0.15) is 0 Å². The summed E-state index contributed by atoms with van der Waals surface area (Å²) in [6, 6.07) is 14.2. The van der Waals surface area contributed by atoms with Crippen LogP contribution in [0.2, 0.25) is 0 Å². The Morgan fingerprint density at radius 1 is 1.12 bits per heavy atom. The minimum Gasteiger partial charge on any atom is -0.481 e. The predicted octanol–water partition coefficient (Wildman–Crippen LogP) is 3.08. The molecule has 6 heteroatoms. The number of carbonyl (C=O) groups excluding carboxylic acids is 1. The number of hydrogen-bond acceptors (Lipinski definition) is 3. The van der Waals surface area contributed by atoms with Crippen molar-refractivity contribution in [1.29, 1.82) is 0 Å². The van der Waals surface area contributed by atoms with Gasteiger partial charge in [-0.25, -0.2) is 0 Å². The van der Waals surface area contributed by atoms with Crippen molar-refractivity contribution in [3.05, 3.63) is 65.2 Å². The van der Waals surface area contributed by atoms with Crippen LogP contribution in [0, 0.1) is 5.92 Å². The SMILES string of the molecule is CC(Cc1ccc(NC(=O)c2cccc(CS(C)=O)c2)cc1)C(=O)O. The van der Waals surface area contributed by atoms with Gasteiger partial charge in [-0.05, 0) is 41.8 Å². The lowest BCUT2D eigenvalue weighted by molar-refractivity contribution is -0.141. The van der Waals surface area contributed by atoms with Crippen LogP contribution in [0.1, 0.15) is 28.4 Å². The Kier molecular flexibility index (Phi) is 6.47. The number of carbonyl (C=O) groups is 2. The van der Waals surface area contributed by atoms with Crippen molar-refractivity contribution >= 4 is 28.4 Å². The zero-order valence-corrected chi connectivity index (χ0v) is 15.0. The second-order valence-electron chi connectivity index (χ2n) is 6.01. The van der Waals surface area contributed by atoms with Crippen LogP contribution in [-0.2, 0) is 27.8 Å². The zero-order chi connectivity index (χ0) is 18.4. The van der Waals surface area contributed by atoms with E-state index in [1.165, 1.54) is 0 Å². The van der Waals surface area contributed by atoms with Crippen LogP contribution in [0.15, 0.2) is 48.5 Å². The number of nitrogens with one attached hydrogen (secondary N) is 1. The first-order chi connectivity index (χ1) is 11.8. The van der Waals surface area contributed by atoms with Gasteiger partial charge in [0.2, 0.25) is 0 Å². The average molecular weight is 359 g/mol. The second-order valence-corrected chi connectivity index (χ2v) is 7.45. The molecule has 0 bridgehead atoms. The number of anilines is 1. The van der Waals surface area contributed by atoms with Crippen molar-refractivity contribution in [2.45, 2.75) is 19.1 Å². The monoisotopic (exact) mass is 359 g/mol. The molecule has 5 nitrogen and oxygen atoms in total. The van der Waals surface area contributed by atoms with E-state index < -0.39 is 22.7 Å². The number of aliphatic carboxylic acids is 1. The van der Waals surface area contributed by atoms with Crippen molar-refractivity contribution in [2.75, 3.05) is 11.6 Å². The maximum absolute atomic E-state index is 12.3. The second kappa shape index (κ2) is 8.58. The van der Waals surface area contributed by atoms with E-state index in [0.717, 1.165) is 11.1 Å². The molecule has 0 radical (unpaired) electrons. The van der Waals surface area contributed by atoms with Crippen LogP contribution in [0.4, 0.5) is 5.69 Å². The Bertz CT molecular complexity index is 786. The molecule has 2 atom stereocenters. The fourth-order valence-electron chi connectivity index (χ4n) is 2.41. The van der Waals surface area contributed by atoms with E-state index in [9.17, 15) is 13.8 Å². The molecule has 132 valence electrons. The molecule has 0 aliphatic carbocycles. The van der Waals surface area contributed by atoms with E-state index in [4.69, 9.17) is 5.11 Å². The van der Waals surface area contributed by atoms with E-state index in [1.807, 2.05) is 18.2 Å². The highest BCUT2D eigenvalue weighted by Gasteiger charge is 2.12. The van der Waals surface area contributed by atoms with Crippen molar-refractivity contribution in [1.82, 2.24) is 0 Å². The maximum atomic E-state index is 12.3. The third kappa shape index (κ3) is 5.83. The van der Waals surface area contributed by atoms with Gasteiger partial charge in [0.15, 0.2) is 0 Å². The minimum atomic E-state index is -0.961. The normalized spacial score (nSPS) is 13.0. The van der Waals surface area contributed by atoms with Gasteiger partial charge in [-0.1, -0.05) is 31.2 Å². The minimum absolute atomic E-state index is 0.240. The molecule has 2 N–H and O–H groups in total. The third-order valence-corrected chi connectivity index (χ3v) is 4.47. The summed E-state index contributed by atoms with van der Waals surface area (Å²) in [5.74, 6) is -1.11. The Balaban J connectivity index is 2.03. The molecule has 0 saturated heterocycles. The molecule has 0 aromatic heterocycles. The maximum Gasteiger partial charge on any atom is 0.306 e. The lowest BCUT2D eigenvalue weighted by Gasteiger charge is -2.09. The number of carboxylic acid groups (broad SMARTS) is 1. The Labute approximate surface area is 149 Å². The van der Waals surface area contributed by atoms with E-state index in [-0.39, 0.29) is 5.91 Å². The molecule has 0 spiro atoms. The largest absolute Gasteiger partial charge is 0.481 e. The first-order valence-electron chi connectivity index (χ1n) is 7.87. The Morgan fingerprint density at radius 3 is 2.40 bits per heavy atom. The molecule has 0 heterocycles. The van der Waals surface area contributed by atoms with Gasteiger partial charge in [0.05, 0.1) is 5.92 Å². The molecule has 0 aliphatic heterocycles. The fraction of sp³-hybridized carbons (Fsp3) is 0.263. The van der Waals surface area contributed by atoms with Crippen LogP contribution in [0.25, 0.3) is 0 Å². The van der Waals surface area contributed by atoms with E-state index in [1.54, 1.807) is 43.5 Å². The van der Waals surface area contributed by atoms with E-state index >= 15 is 0 Å². The summed E-state index contributed by atoms with van der Waals surface area (Å²) in [6.07, 6.45) is 2.07. The summed E-state index contributed by atoms with van der Waals surface area (Å²) in [6.45, 7) is 1.66. The van der Waals surface area contributed by atoms with Crippen molar-refractivity contribution < 1.29 is 18.9 Å². The third-order valence-electron chi connectivity index (χ3n) is 3.73. The molecule has 2 unspecified atom stereocenters. The summed E-state index contributed by atoms with van der Waals surface area (Å²) in [7, 11) is -0.961. The summed E-state index contributed by atoms with van der Waals surface area (Å²) in [5.41, 5.74) is 2.90. The van der Waals surface area contributed by atoms with Gasteiger partial charge < -0.3 is 10.4 Å². The summed E-state index contributed by atoms with van der Waals surface area (Å²) < 4.78 is 11.3. The molecule has 0 saturated carbocycles. The topological polar surface area (TPSA) is 83.5 Å². The van der Waals surface area contributed by atoms with Gasteiger partial charge in [0, 0.05) is 34.1 Å². The number of hydrogen-bond donors (Lipinski definition) is 2. The smallest absolute Gasteiger partial charge is 0.306 e.